The SMILES string of the molecule is COc1ccc(Nc2nc(C)cc(C(=O)NCc3ccccc3F)n2)cc1. The van der Waals surface area contributed by atoms with Crippen LogP contribution in [0, 0.1) is 12.7 Å². The Morgan fingerprint density at radius 1 is 1.11 bits per heavy atom. The van der Waals surface area contributed by atoms with Gasteiger partial charge in [-0.3, -0.25) is 4.79 Å². The number of hydrogen-bond acceptors (Lipinski definition) is 5. The van der Waals surface area contributed by atoms with Gasteiger partial charge in [-0.1, -0.05) is 18.2 Å². The Kier molecular flexibility index (Phi) is 5.61. The van der Waals surface area contributed by atoms with Crippen molar-refractivity contribution >= 4 is 17.5 Å². The molecule has 0 aliphatic rings. The number of benzene rings is 2. The first kappa shape index (κ1) is 18.3. The average molecular weight is 366 g/mol. The van der Waals surface area contributed by atoms with Crippen LogP contribution in [-0.2, 0) is 6.54 Å². The van der Waals surface area contributed by atoms with Gasteiger partial charge in [0.05, 0.1) is 7.11 Å². The van der Waals surface area contributed by atoms with Crippen LogP contribution in [0.25, 0.3) is 0 Å². The minimum absolute atomic E-state index is 0.0792. The lowest BCUT2D eigenvalue weighted by Crippen LogP contribution is -2.25. The molecule has 0 aliphatic heterocycles. The number of carbonyl (C=O) groups is 1. The minimum Gasteiger partial charge on any atom is -0.497 e. The van der Waals surface area contributed by atoms with E-state index in [1.165, 1.54) is 6.07 Å². The third-order valence-electron chi connectivity index (χ3n) is 3.83. The number of halogens is 1. The van der Waals surface area contributed by atoms with Gasteiger partial charge in [-0.05, 0) is 43.3 Å². The maximum atomic E-state index is 13.7. The van der Waals surface area contributed by atoms with E-state index in [0.717, 1.165) is 11.4 Å². The Balaban J connectivity index is 1.72. The van der Waals surface area contributed by atoms with Gasteiger partial charge >= 0.3 is 0 Å². The van der Waals surface area contributed by atoms with Crippen molar-refractivity contribution in [2.75, 3.05) is 12.4 Å². The molecule has 7 heteroatoms. The third kappa shape index (κ3) is 4.78. The molecule has 0 radical (unpaired) electrons. The van der Waals surface area contributed by atoms with Crippen LogP contribution in [0.1, 0.15) is 21.7 Å². The Morgan fingerprint density at radius 3 is 2.56 bits per heavy atom. The van der Waals surface area contributed by atoms with Crippen LogP contribution >= 0.6 is 0 Å². The second-order valence-corrected chi connectivity index (χ2v) is 5.85. The molecule has 0 bridgehead atoms. The van der Waals surface area contributed by atoms with Crippen molar-refractivity contribution in [1.82, 2.24) is 15.3 Å². The summed E-state index contributed by atoms with van der Waals surface area (Å²) in [6.45, 7) is 1.85. The number of aryl methyl sites for hydroxylation is 1. The highest BCUT2D eigenvalue weighted by Gasteiger charge is 2.12. The quantitative estimate of drug-likeness (QED) is 0.697. The lowest BCUT2D eigenvalue weighted by atomic mass is 10.2. The number of anilines is 2. The van der Waals surface area contributed by atoms with E-state index < -0.39 is 5.91 Å². The summed E-state index contributed by atoms with van der Waals surface area (Å²) in [5.41, 5.74) is 2.01. The molecular weight excluding hydrogens is 347 g/mol. The van der Waals surface area contributed by atoms with Crippen LogP contribution in [0.15, 0.2) is 54.6 Å². The molecule has 3 rings (SSSR count). The fourth-order valence-corrected chi connectivity index (χ4v) is 2.45. The van der Waals surface area contributed by atoms with Gasteiger partial charge in [-0.2, -0.15) is 0 Å². The van der Waals surface area contributed by atoms with Crippen LogP contribution in [0.2, 0.25) is 0 Å². The first-order valence-corrected chi connectivity index (χ1v) is 8.33. The molecule has 0 unspecified atom stereocenters. The van der Waals surface area contributed by atoms with Gasteiger partial charge in [-0.15, -0.1) is 0 Å². The monoisotopic (exact) mass is 366 g/mol. The van der Waals surface area contributed by atoms with Crippen LogP contribution < -0.4 is 15.4 Å². The normalized spacial score (nSPS) is 10.3. The zero-order valence-electron chi connectivity index (χ0n) is 15.0. The van der Waals surface area contributed by atoms with Crippen molar-refractivity contribution in [3.8, 4) is 5.75 Å². The maximum absolute atomic E-state index is 13.7. The molecule has 0 saturated carbocycles. The van der Waals surface area contributed by atoms with Gasteiger partial charge in [0.2, 0.25) is 5.95 Å². The van der Waals surface area contributed by atoms with E-state index in [1.807, 2.05) is 12.1 Å². The van der Waals surface area contributed by atoms with Crippen molar-refractivity contribution in [3.05, 3.63) is 77.4 Å². The summed E-state index contributed by atoms with van der Waals surface area (Å²) in [6, 6.07) is 15.1. The van der Waals surface area contributed by atoms with Gasteiger partial charge in [-0.25, -0.2) is 14.4 Å². The Labute approximate surface area is 156 Å². The number of aromatic nitrogens is 2. The van der Waals surface area contributed by atoms with Crippen LogP contribution in [0.5, 0.6) is 5.75 Å². The highest BCUT2D eigenvalue weighted by atomic mass is 19.1. The predicted octanol–water partition coefficient (Wildman–Crippen LogP) is 3.61. The van der Waals surface area contributed by atoms with Gasteiger partial charge in [0.15, 0.2) is 0 Å². The highest BCUT2D eigenvalue weighted by Crippen LogP contribution is 2.18. The molecule has 1 aromatic heterocycles. The topological polar surface area (TPSA) is 76.1 Å². The molecule has 2 aromatic carbocycles. The molecule has 27 heavy (non-hydrogen) atoms. The van der Waals surface area contributed by atoms with Crippen molar-refractivity contribution in [2.45, 2.75) is 13.5 Å². The van der Waals surface area contributed by atoms with Gasteiger partial charge in [0.1, 0.15) is 17.3 Å². The smallest absolute Gasteiger partial charge is 0.270 e. The third-order valence-corrected chi connectivity index (χ3v) is 3.83. The first-order valence-electron chi connectivity index (χ1n) is 8.33. The van der Waals surface area contributed by atoms with Crippen LogP contribution in [0.3, 0.4) is 0 Å². The number of ether oxygens (including phenoxy) is 1. The molecule has 1 heterocycles. The lowest BCUT2D eigenvalue weighted by Gasteiger charge is -2.10. The second-order valence-electron chi connectivity index (χ2n) is 5.85. The number of nitrogens with one attached hydrogen (secondary N) is 2. The van der Waals surface area contributed by atoms with Crippen LogP contribution in [0.4, 0.5) is 16.0 Å². The summed E-state index contributed by atoms with van der Waals surface area (Å²) < 4.78 is 18.8. The largest absolute Gasteiger partial charge is 0.497 e. The van der Waals surface area contributed by atoms with E-state index in [0.29, 0.717) is 17.2 Å². The maximum Gasteiger partial charge on any atom is 0.270 e. The molecule has 0 spiro atoms. The molecule has 2 N–H and O–H groups in total. The zero-order valence-corrected chi connectivity index (χ0v) is 15.0. The molecule has 138 valence electrons. The van der Waals surface area contributed by atoms with Gasteiger partial charge in [0, 0.05) is 23.5 Å². The fourth-order valence-electron chi connectivity index (χ4n) is 2.45. The minimum atomic E-state index is -0.401. The summed E-state index contributed by atoms with van der Waals surface area (Å²) in [5, 5.41) is 5.73. The van der Waals surface area contributed by atoms with Gasteiger partial charge in [0.25, 0.3) is 5.91 Å². The lowest BCUT2D eigenvalue weighted by molar-refractivity contribution is 0.0945. The summed E-state index contributed by atoms with van der Waals surface area (Å²) in [6.07, 6.45) is 0. The van der Waals surface area contributed by atoms with E-state index in [4.69, 9.17) is 4.74 Å². The molecule has 3 aromatic rings. The average Bonchev–Trinajstić information content (AvgIpc) is 2.67. The van der Waals surface area contributed by atoms with Crippen molar-refractivity contribution in [1.29, 1.82) is 0 Å². The van der Waals surface area contributed by atoms with Crippen molar-refractivity contribution in [3.63, 3.8) is 0 Å². The molecule has 0 fully saturated rings. The summed E-state index contributed by atoms with van der Waals surface area (Å²) >= 11 is 0. The van der Waals surface area contributed by atoms with Gasteiger partial charge < -0.3 is 15.4 Å². The van der Waals surface area contributed by atoms with E-state index in [1.54, 1.807) is 50.4 Å². The number of hydrogen-bond donors (Lipinski definition) is 2. The van der Waals surface area contributed by atoms with E-state index in [-0.39, 0.29) is 18.1 Å². The molecule has 0 atom stereocenters. The number of nitrogens with zero attached hydrogens (tertiary/aromatic N) is 2. The van der Waals surface area contributed by atoms with E-state index in [2.05, 4.69) is 20.6 Å². The van der Waals surface area contributed by atoms with E-state index >= 15 is 0 Å². The molecular formula is C20H19FN4O2. The summed E-state index contributed by atoms with van der Waals surface area (Å²) in [7, 11) is 1.60. The summed E-state index contributed by atoms with van der Waals surface area (Å²) in [5.74, 6) is 0.273. The number of amides is 1. The number of methoxy groups -OCH3 is 1. The second kappa shape index (κ2) is 8.27. The van der Waals surface area contributed by atoms with Crippen LogP contribution in [-0.4, -0.2) is 23.0 Å². The molecule has 0 aliphatic carbocycles. The summed E-state index contributed by atoms with van der Waals surface area (Å²) in [4.78, 5) is 20.9. The highest BCUT2D eigenvalue weighted by molar-refractivity contribution is 5.92. The molecule has 1 amide bonds. The van der Waals surface area contributed by atoms with E-state index in [9.17, 15) is 9.18 Å². The molecule has 6 nitrogen and oxygen atoms in total. The number of carbonyl (C=O) groups excluding carboxylic acids is 1. The Morgan fingerprint density at radius 2 is 1.85 bits per heavy atom. The van der Waals surface area contributed by atoms with Crippen molar-refractivity contribution in [2.24, 2.45) is 0 Å². The predicted molar refractivity (Wildman–Crippen MR) is 101 cm³/mol. The Hall–Kier alpha value is -3.48. The van der Waals surface area contributed by atoms with Crippen molar-refractivity contribution < 1.29 is 13.9 Å². The fraction of sp³-hybridized carbons (Fsp3) is 0.150. The number of rotatable bonds is 6. The standard InChI is InChI=1S/C20H19FN4O2/c1-13-11-18(19(26)22-12-14-5-3-4-6-17(14)21)25-20(23-13)24-15-7-9-16(27-2)10-8-15/h3-11H,12H2,1-2H3,(H,22,26)(H,23,24,25). The molecule has 0 saturated heterocycles. The zero-order chi connectivity index (χ0) is 19.2. The first-order chi connectivity index (χ1) is 13.0. The Bertz CT molecular complexity index is 945.